The predicted molar refractivity (Wildman–Crippen MR) is 79.3 cm³/mol. The summed E-state index contributed by atoms with van der Waals surface area (Å²) in [6.45, 7) is 10.1. The monoisotopic (exact) mass is 267 g/mol. The van der Waals surface area contributed by atoms with Gasteiger partial charge >= 0.3 is 0 Å². The second-order valence-electron chi connectivity index (χ2n) is 5.49. The maximum atomic E-state index is 4.58. The van der Waals surface area contributed by atoms with Gasteiger partial charge in [0.1, 0.15) is 0 Å². The second-order valence-corrected chi connectivity index (χ2v) is 6.59. The summed E-state index contributed by atoms with van der Waals surface area (Å²) in [6, 6.07) is 0.588. The minimum atomic E-state index is 0.588. The Kier molecular flexibility index (Phi) is 5.01. The van der Waals surface area contributed by atoms with Crippen molar-refractivity contribution in [1.29, 1.82) is 0 Å². The Hall–Kier alpha value is -0.610. The first kappa shape index (κ1) is 13.8. The standard InChI is InChI=1S/C14H25N3S/c1-4-12(3)15-8-13-9-16-14(18-13)17-7-5-6-11(2)10-17/h9,11-12,15H,4-8,10H2,1-3H3. The van der Waals surface area contributed by atoms with E-state index < -0.39 is 0 Å². The van der Waals surface area contributed by atoms with Gasteiger partial charge in [-0.2, -0.15) is 0 Å². The Morgan fingerprint density at radius 2 is 2.44 bits per heavy atom. The zero-order chi connectivity index (χ0) is 13.0. The van der Waals surface area contributed by atoms with Crippen molar-refractivity contribution in [2.24, 2.45) is 5.92 Å². The van der Waals surface area contributed by atoms with Crippen LogP contribution in [0.3, 0.4) is 0 Å². The van der Waals surface area contributed by atoms with Gasteiger partial charge in [0.15, 0.2) is 5.13 Å². The first-order chi connectivity index (χ1) is 8.69. The minimum absolute atomic E-state index is 0.588. The molecule has 102 valence electrons. The molecule has 0 bridgehead atoms. The summed E-state index contributed by atoms with van der Waals surface area (Å²) in [7, 11) is 0. The molecule has 2 heterocycles. The lowest BCUT2D eigenvalue weighted by Crippen LogP contribution is -2.34. The van der Waals surface area contributed by atoms with E-state index >= 15 is 0 Å². The van der Waals surface area contributed by atoms with Gasteiger partial charge in [-0.25, -0.2) is 4.98 Å². The average Bonchev–Trinajstić information content (AvgIpc) is 2.84. The molecule has 1 saturated heterocycles. The van der Waals surface area contributed by atoms with Gasteiger partial charge in [0.05, 0.1) is 0 Å². The normalized spacial score (nSPS) is 22.2. The van der Waals surface area contributed by atoms with E-state index in [4.69, 9.17) is 0 Å². The van der Waals surface area contributed by atoms with Crippen LogP contribution >= 0.6 is 11.3 Å². The number of rotatable bonds is 5. The molecule has 0 spiro atoms. The van der Waals surface area contributed by atoms with Gasteiger partial charge in [-0.15, -0.1) is 11.3 Å². The fraction of sp³-hybridized carbons (Fsp3) is 0.786. The fourth-order valence-electron chi connectivity index (χ4n) is 2.31. The molecule has 1 fully saturated rings. The average molecular weight is 267 g/mol. The maximum absolute atomic E-state index is 4.58. The van der Waals surface area contributed by atoms with E-state index in [1.165, 1.54) is 42.4 Å². The molecule has 18 heavy (non-hydrogen) atoms. The topological polar surface area (TPSA) is 28.2 Å². The van der Waals surface area contributed by atoms with Gasteiger partial charge < -0.3 is 10.2 Å². The molecule has 0 aliphatic carbocycles. The number of piperidine rings is 1. The van der Waals surface area contributed by atoms with Crippen LogP contribution in [0.1, 0.15) is 44.9 Å². The van der Waals surface area contributed by atoms with E-state index in [0.717, 1.165) is 12.5 Å². The number of nitrogens with one attached hydrogen (secondary N) is 1. The molecule has 0 amide bonds. The third kappa shape index (κ3) is 3.69. The van der Waals surface area contributed by atoms with Gasteiger partial charge in [-0.3, -0.25) is 0 Å². The van der Waals surface area contributed by atoms with Crippen LogP contribution in [0.2, 0.25) is 0 Å². The summed E-state index contributed by atoms with van der Waals surface area (Å²) in [4.78, 5) is 8.38. The van der Waals surface area contributed by atoms with Gasteiger partial charge in [0.25, 0.3) is 0 Å². The number of aromatic nitrogens is 1. The molecule has 1 aliphatic heterocycles. The van der Waals surface area contributed by atoms with Gasteiger partial charge in [0.2, 0.25) is 0 Å². The van der Waals surface area contributed by atoms with Gasteiger partial charge in [0, 0.05) is 36.8 Å². The number of hydrogen-bond acceptors (Lipinski definition) is 4. The summed E-state index contributed by atoms with van der Waals surface area (Å²) >= 11 is 1.85. The summed E-state index contributed by atoms with van der Waals surface area (Å²) in [5.74, 6) is 0.810. The number of anilines is 1. The summed E-state index contributed by atoms with van der Waals surface area (Å²) < 4.78 is 0. The Bertz CT molecular complexity index is 364. The SMILES string of the molecule is CCC(C)NCc1cnc(N2CCCC(C)C2)s1. The zero-order valence-electron chi connectivity index (χ0n) is 11.8. The van der Waals surface area contributed by atoms with Crippen molar-refractivity contribution in [3.8, 4) is 0 Å². The highest BCUT2D eigenvalue weighted by Gasteiger charge is 2.18. The van der Waals surface area contributed by atoms with Crippen molar-refractivity contribution in [2.45, 2.75) is 52.6 Å². The second kappa shape index (κ2) is 6.53. The Morgan fingerprint density at radius 3 is 3.17 bits per heavy atom. The van der Waals surface area contributed by atoms with Crippen molar-refractivity contribution >= 4 is 16.5 Å². The summed E-state index contributed by atoms with van der Waals surface area (Å²) in [6.07, 6.45) is 5.88. The lowest BCUT2D eigenvalue weighted by Gasteiger charge is -2.30. The molecule has 0 radical (unpaired) electrons. The summed E-state index contributed by atoms with van der Waals surface area (Å²) in [5.41, 5.74) is 0. The lowest BCUT2D eigenvalue weighted by atomic mass is 10.0. The van der Waals surface area contributed by atoms with Crippen LogP contribution in [0.15, 0.2) is 6.20 Å². The van der Waals surface area contributed by atoms with E-state index in [1.54, 1.807) is 0 Å². The minimum Gasteiger partial charge on any atom is -0.348 e. The van der Waals surface area contributed by atoms with Crippen LogP contribution in [-0.2, 0) is 6.54 Å². The molecule has 3 nitrogen and oxygen atoms in total. The molecule has 1 aromatic rings. The van der Waals surface area contributed by atoms with E-state index in [1.807, 2.05) is 17.5 Å². The fourth-order valence-corrected chi connectivity index (χ4v) is 3.20. The van der Waals surface area contributed by atoms with Crippen LogP contribution in [0.5, 0.6) is 0 Å². The van der Waals surface area contributed by atoms with E-state index in [-0.39, 0.29) is 0 Å². The highest BCUT2D eigenvalue weighted by atomic mass is 32.1. The molecule has 4 heteroatoms. The third-order valence-electron chi connectivity index (χ3n) is 3.71. The predicted octanol–water partition coefficient (Wildman–Crippen LogP) is 3.27. The lowest BCUT2D eigenvalue weighted by molar-refractivity contribution is 0.446. The third-order valence-corrected chi connectivity index (χ3v) is 4.76. The largest absolute Gasteiger partial charge is 0.348 e. The highest BCUT2D eigenvalue weighted by molar-refractivity contribution is 7.15. The smallest absolute Gasteiger partial charge is 0.185 e. The molecule has 1 aliphatic rings. The molecular formula is C14H25N3S. The molecule has 2 rings (SSSR count). The van der Waals surface area contributed by atoms with Crippen LogP contribution < -0.4 is 10.2 Å². The first-order valence-electron chi connectivity index (χ1n) is 7.12. The van der Waals surface area contributed by atoms with E-state index in [2.05, 4.69) is 36.0 Å². The Balaban J connectivity index is 1.89. The van der Waals surface area contributed by atoms with Crippen molar-refractivity contribution in [3.05, 3.63) is 11.1 Å². The van der Waals surface area contributed by atoms with Crippen molar-refractivity contribution in [2.75, 3.05) is 18.0 Å². The van der Waals surface area contributed by atoms with Crippen LogP contribution in [0.25, 0.3) is 0 Å². The molecule has 0 saturated carbocycles. The first-order valence-corrected chi connectivity index (χ1v) is 7.93. The summed E-state index contributed by atoms with van der Waals surface area (Å²) in [5, 5.41) is 4.74. The van der Waals surface area contributed by atoms with E-state index in [9.17, 15) is 0 Å². The van der Waals surface area contributed by atoms with Crippen molar-refractivity contribution < 1.29 is 0 Å². The number of nitrogens with zero attached hydrogens (tertiary/aromatic N) is 2. The molecular weight excluding hydrogens is 242 g/mol. The van der Waals surface area contributed by atoms with Crippen molar-refractivity contribution in [3.63, 3.8) is 0 Å². The molecule has 0 aromatic carbocycles. The Labute approximate surface area is 115 Å². The van der Waals surface area contributed by atoms with Crippen LogP contribution in [0.4, 0.5) is 5.13 Å². The van der Waals surface area contributed by atoms with Gasteiger partial charge in [-0.1, -0.05) is 13.8 Å². The van der Waals surface area contributed by atoms with Gasteiger partial charge in [-0.05, 0) is 32.1 Å². The quantitative estimate of drug-likeness (QED) is 0.887. The maximum Gasteiger partial charge on any atom is 0.185 e. The van der Waals surface area contributed by atoms with Crippen LogP contribution in [0, 0.1) is 5.92 Å². The van der Waals surface area contributed by atoms with E-state index in [0.29, 0.717) is 6.04 Å². The zero-order valence-corrected chi connectivity index (χ0v) is 12.6. The number of hydrogen-bond donors (Lipinski definition) is 1. The van der Waals surface area contributed by atoms with Crippen molar-refractivity contribution in [1.82, 2.24) is 10.3 Å². The molecule has 2 atom stereocenters. The Morgan fingerprint density at radius 1 is 1.61 bits per heavy atom. The molecule has 1 aromatic heterocycles. The highest BCUT2D eigenvalue weighted by Crippen LogP contribution is 2.27. The van der Waals surface area contributed by atoms with Crippen LogP contribution in [-0.4, -0.2) is 24.1 Å². The number of thiazole rings is 1. The molecule has 2 unspecified atom stereocenters. The molecule has 1 N–H and O–H groups in total.